The van der Waals surface area contributed by atoms with Gasteiger partial charge in [-0.1, -0.05) is 29.8 Å². The first-order valence-corrected chi connectivity index (χ1v) is 6.24. The van der Waals surface area contributed by atoms with E-state index in [-0.39, 0.29) is 0 Å². The number of hydrogen-bond acceptors (Lipinski definition) is 2. The van der Waals surface area contributed by atoms with Gasteiger partial charge in [-0.05, 0) is 40.8 Å². The summed E-state index contributed by atoms with van der Waals surface area (Å²) in [5.74, 6) is 0. The second-order valence-corrected chi connectivity index (χ2v) is 4.73. The average Bonchev–Trinajstić information content (AvgIpc) is 2.46. The molecular weight excluding hydrogens is 258 g/mol. The molecule has 0 aliphatic rings. The summed E-state index contributed by atoms with van der Waals surface area (Å²) in [6, 6.07) is 13.3. The predicted octanol–water partition coefficient (Wildman–Crippen LogP) is 4.37. The van der Waals surface area contributed by atoms with E-state index in [9.17, 15) is 4.79 Å². The Labute approximate surface area is 115 Å². The molecule has 0 saturated heterocycles. The number of halogens is 1. The van der Waals surface area contributed by atoms with Gasteiger partial charge in [0, 0.05) is 28.4 Å². The SMILES string of the molecule is O=Cc1cc(Cl)cc(-c2cccc3cnccc23)c1. The first-order chi connectivity index (χ1) is 9.28. The van der Waals surface area contributed by atoms with Gasteiger partial charge in [0.25, 0.3) is 0 Å². The summed E-state index contributed by atoms with van der Waals surface area (Å²) in [4.78, 5) is 15.1. The summed E-state index contributed by atoms with van der Waals surface area (Å²) in [5, 5.41) is 2.72. The third-order valence-corrected chi connectivity index (χ3v) is 3.27. The minimum absolute atomic E-state index is 0.561. The van der Waals surface area contributed by atoms with Crippen LogP contribution in [0.5, 0.6) is 0 Å². The van der Waals surface area contributed by atoms with Gasteiger partial charge < -0.3 is 0 Å². The summed E-state index contributed by atoms with van der Waals surface area (Å²) in [5.41, 5.74) is 2.56. The van der Waals surface area contributed by atoms with Crippen molar-refractivity contribution >= 4 is 28.7 Å². The van der Waals surface area contributed by atoms with E-state index >= 15 is 0 Å². The zero-order valence-electron chi connectivity index (χ0n) is 10.0. The van der Waals surface area contributed by atoms with Crippen LogP contribution in [0, 0.1) is 0 Å². The van der Waals surface area contributed by atoms with E-state index in [2.05, 4.69) is 4.98 Å². The third-order valence-electron chi connectivity index (χ3n) is 3.05. The van der Waals surface area contributed by atoms with Crippen molar-refractivity contribution in [2.75, 3.05) is 0 Å². The van der Waals surface area contributed by atoms with E-state index in [4.69, 9.17) is 11.6 Å². The van der Waals surface area contributed by atoms with E-state index in [0.29, 0.717) is 10.6 Å². The number of fused-ring (bicyclic) bond motifs is 1. The predicted molar refractivity (Wildman–Crippen MR) is 77.6 cm³/mol. The smallest absolute Gasteiger partial charge is 0.150 e. The number of rotatable bonds is 2. The normalized spacial score (nSPS) is 10.6. The molecule has 2 aromatic carbocycles. The minimum Gasteiger partial charge on any atom is -0.298 e. The van der Waals surface area contributed by atoms with Gasteiger partial charge in [-0.3, -0.25) is 9.78 Å². The van der Waals surface area contributed by atoms with Crippen molar-refractivity contribution in [3.63, 3.8) is 0 Å². The molecule has 3 heteroatoms. The molecule has 0 unspecified atom stereocenters. The maximum Gasteiger partial charge on any atom is 0.150 e. The Kier molecular flexibility index (Phi) is 3.02. The highest BCUT2D eigenvalue weighted by molar-refractivity contribution is 6.31. The number of aldehydes is 1. The molecule has 0 amide bonds. The molecule has 1 aromatic heterocycles. The lowest BCUT2D eigenvalue weighted by Crippen LogP contribution is -1.86. The van der Waals surface area contributed by atoms with Crippen LogP contribution in [0.15, 0.2) is 54.9 Å². The number of nitrogens with zero attached hydrogens (tertiary/aromatic N) is 1. The standard InChI is InChI=1S/C16H10ClNO/c17-14-7-11(10-19)6-13(8-14)15-3-1-2-12-9-18-5-4-16(12)15/h1-10H. The molecule has 0 bridgehead atoms. The molecular formula is C16H10ClNO. The molecule has 3 rings (SSSR count). The fourth-order valence-corrected chi connectivity index (χ4v) is 2.45. The van der Waals surface area contributed by atoms with Crippen molar-refractivity contribution in [3.05, 3.63) is 65.4 Å². The van der Waals surface area contributed by atoms with Gasteiger partial charge in [0.05, 0.1) is 0 Å². The lowest BCUT2D eigenvalue weighted by molar-refractivity contribution is 0.112. The largest absolute Gasteiger partial charge is 0.298 e. The van der Waals surface area contributed by atoms with Crippen molar-refractivity contribution in [2.45, 2.75) is 0 Å². The Hall–Kier alpha value is -2.19. The maximum absolute atomic E-state index is 10.9. The van der Waals surface area contributed by atoms with Crippen molar-refractivity contribution in [1.29, 1.82) is 0 Å². The fourth-order valence-electron chi connectivity index (χ4n) is 2.21. The van der Waals surface area contributed by atoms with Crippen LogP contribution in [0.2, 0.25) is 5.02 Å². The Bertz CT molecular complexity index is 762. The van der Waals surface area contributed by atoms with Gasteiger partial charge in [-0.15, -0.1) is 0 Å². The third kappa shape index (κ3) is 2.23. The highest BCUT2D eigenvalue weighted by atomic mass is 35.5. The number of benzene rings is 2. The molecule has 3 aromatic rings. The number of pyridine rings is 1. The molecule has 0 aliphatic carbocycles. The van der Waals surface area contributed by atoms with E-state index in [0.717, 1.165) is 28.2 Å². The van der Waals surface area contributed by atoms with Gasteiger partial charge in [0.1, 0.15) is 6.29 Å². The molecule has 2 nitrogen and oxygen atoms in total. The first-order valence-electron chi connectivity index (χ1n) is 5.87. The van der Waals surface area contributed by atoms with E-state index in [1.807, 2.05) is 42.6 Å². The Morgan fingerprint density at radius 2 is 2.00 bits per heavy atom. The number of carbonyl (C=O) groups excluding carboxylic acids is 1. The van der Waals surface area contributed by atoms with Gasteiger partial charge in [-0.25, -0.2) is 0 Å². The monoisotopic (exact) mass is 267 g/mol. The summed E-state index contributed by atoms with van der Waals surface area (Å²) in [6.07, 6.45) is 4.39. The van der Waals surface area contributed by atoms with Crippen molar-refractivity contribution in [3.8, 4) is 11.1 Å². The zero-order valence-corrected chi connectivity index (χ0v) is 10.8. The topological polar surface area (TPSA) is 30.0 Å². The molecule has 0 aliphatic heterocycles. The van der Waals surface area contributed by atoms with Gasteiger partial charge in [-0.2, -0.15) is 0 Å². The van der Waals surface area contributed by atoms with E-state index < -0.39 is 0 Å². The van der Waals surface area contributed by atoms with Crippen LogP contribution >= 0.6 is 11.6 Å². The van der Waals surface area contributed by atoms with Crippen molar-refractivity contribution in [1.82, 2.24) is 4.98 Å². The molecule has 0 N–H and O–H groups in total. The molecule has 19 heavy (non-hydrogen) atoms. The van der Waals surface area contributed by atoms with E-state index in [1.165, 1.54) is 0 Å². The summed E-state index contributed by atoms with van der Waals surface area (Å²) in [6.45, 7) is 0. The first kappa shape index (κ1) is 11.9. The maximum atomic E-state index is 10.9. The highest BCUT2D eigenvalue weighted by Gasteiger charge is 2.06. The zero-order chi connectivity index (χ0) is 13.2. The summed E-state index contributed by atoms with van der Waals surface area (Å²) >= 11 is 6.06. The molecule has 0 saturated carbocycles. The van der Waals surface area contributed by atoms with Crippen LogP contribution in [0.25, 0.3) is 21.9 Å². The Morgan fingerprint density at radius 1 is 1.11 bits per heavy atom. The van der Waals surface area contributed by atoms with Crippen LogP contribution in [-0.4, -0.2) is 11.3 Å². The number of aromatic nitrogens is 1. The highest BCUT2D eigenvalue weighted by Crippen LogP contribution is 2.30. The number of carbonyl (C=O) groups is 1. The van der Waals surface area contributed by atoms with Crippen molar-refractivity contribution in [2.24, 2.45) is 0 Å². The molecule has 0 spiro atoms. The molecule has 0 radical (unpaired) electrons. The van der Waals surface area contributed by atoms with Crippen LogP contribution in [0.1, 0.15) is 10.4 Å². The van der Waals surface area contributed by atoms with Crippen LogP contribution in [0.4, 0.5) is 0 Å². The average molecular weight is 268 g/mol. The number of hydrogen-bond donors (Lipinski definition) is 0. The molecule has 0 fully saturated rings. The van der Waals surface area contributed by atoms with Gasteiger partial charge in [0.2, 0.25) is 0 Å². The summed E-state index contributed by atoms with van der Waals surface area (Å²) < 4.78 is 0. The second kappa shape index (κ2) is 4.82. The lowest BCUT2D eigenvalue weighted by atomic mass is 9.98. The Morgan fingerprint density at radius 3 is 2.84 bits per heavy atom. The van der Waals surface area contributed by atoms with E-state index in [1.54, 1.807) is 12.3 Å². The van der Waals surface area contributed by atoms with Crippen LogP contribution < -0.4 is 0 Å². The molecule has 0 atom stereocenters. The van der Waals surface area contributed by atoms with Crippen LogP contribution in [0.3, 0.4) is 0 Å². The van der Waals surface area contributed by atoms with Crippen molar-refractivity contribution < 1.29 is 4.79 Å². The minimum atomic E-state index is 0.561. The Balaban J connectivity index is 2.30. The second-order valence-electron chi connectivity index (χ2n) is 4.29. The lowest BCUT2D eigenvalue weighted by Gasteiger charge is -2.07. The van der Waals surface area contributed by atoms with Gasteiger partial charge in [0.15, 0.2) is 0 Å². The molecule has 92 valence electrons. The molecule has 1 heterocycles. The fraction of sp³-hybridized carbons (Fsp3) is 0. The summed E-state index contributed by atoms with van der Waals surface area (Å²) in [7, 11) is 0. The quantitative estimate of drug-likeness (QED) is 0.646. The van der Waals surface area contributed by atoms with Crippen LogP contribution in [-0.2, 0) is 0 Å². The van der Waals surface area contributed by atoms with Gasteiger partial charge >= 0.3 is 0 Å².